The van der Waals surface area contributed by atoms with Crippen LogP contribution in [0.1, 0.15) is 44.7 Å². The van der Waals surface area contributed by atoms with E-state index in [1.54, 1.807) is 31.4 Å². The lowest BCUT2D eigenvalue weighted by molar-refractivity contribution is -0.127. The van der Waals surface area contributed by atoms with Gasteiger partial charge < -0.3 is 19.5 Å². The number of ether oxygens (including phenoxy) is 3. The molecular weight excluding hydrogens is 456 g/mol. The second kappa shape index (κ2) is 9.46. The Labute approximate surface area is 201 Å². The monoisotopic (exact) mass is 488 g/mol. The lowest BCUT2D eigenvalue weighted by Crippen LogP contribution is -2.46. The van der Waals surface area contributed by atoms with Crippen molar-refractivity contribution in [2.45, 2.75) is 49.6 Å². The zero-order chi connectivity index (χ0) is 24.5. The van der Waals surface area contributed by atoms with Gasteiger partial charge in [-0.25, -0.2) is 8.42 Å². The fourth-order valence-electron chi connectivity index (χ4n) is 4.63. The molecule has 4 rings (SSSR count). The summed E-state index contributed by atoms with van der Waals surface area (Å²) in [7, 11) is -0.463. The van der Waals surface area contributed by atoms with Crippen molar-refractivity contribution in [2.24, 2.45) is 5.92 Å². The van der Waals surface area contributed by atoms with Crippen molar-refractivity contribution in [3.05, 3.63) is 48.0 Å². The van der Waals surface area contributed by atoms with Gasteiger partial charge in [-0.1, -0.05) is 0 Å². The molecule has 2 aromatic rings. The molecule has 0 radical (unpaired) electrons. The Balaban J connectivity index is 1.41. The van der Waals surface area contributed by atoms with Crippen LogP contribution in [0.2, 0.25) is 0 Å². The maximum absolute atomic E-state index is 13.1. The van der Waals surface area contributed by atoms with Crippen LogP contribution in [0, 0.1) is 5.92 Å². The summed E-state index contributed by atoms with van der Waals surface area (Å²) in [4.78, 5) is 13.4. The standard InChI is InChI=1S/C25H32N2O6S/c1-25(2)16-22(21-10-7-19(32-4)15-23(21)33-25)26-24(28)17-11-13-27(14-12-17)34(29,30)20-8-5-18(31-3)6-9-20/h5-10,15,17,22H,11-14,16H2,1-4H3,(H,26,28)/t22-/m1/s1. The molecule has 1 atom stereocenters. The van der Waals surface area contributed by atoms with E-state index in [0.29, 0.717) is 49.6 Å². The molecule has 2 aliphatic heterocycles. The summed E-state index contributed by atoms with van der Waals surface area (Å²) in [5, 5.41) is 3.19. The Hall–Kier alpha value is -2.78. The molecule has 0 spiro atoms. The van der Waals surface area contributed by atoms with Crippen LogP contribution in [-0.4, -0.2) is 51.5 Å². The van der Waals surface area contributed by atoms with Gasteiger partial charge >= 0.3 is 0 Å². The highest BCUT2D eigenvalue weighted by atomic mass is 32.2. The zero-order valence-electron chi connectivity index (χ0n) is 20.0. The van der Waals surface area contributed by atoms with Crippen molar-refractivity contribution in [1.29, 1.82) is 0 Å². The first-order chi connectivity index (χ1) is 16.1. The van der Waals surface area contributed by atoms with E-state index in [-0.39, 0.29) is 22.8 Å². The number of piperidine rings is 1. The third-order valence-electron chi connectivity index (χ3n) is 6.52. The summed E-state index contributed by atoms with van der Waals surface area (Å²) >= 11 is 0. The third-order valence-corrected chi connectivity index (χ3v) is 8.43. The van der Waals surface area contributed by atoms with Crippen LogP contribution < -0.4 is 19.5 Å². The predicted molar refractivity (Wildman–Crippen MR) is 128 cm³/mol. The van der Waals surface area contributed by atoms with Gasteiger partial charge in [-0.2, -0.15) is 4.31 Å². The van der Waals surface area contributed by atoms with Gasteiger partial charge in [0.2, 0.25) is 15.9 Å². The average molecular weight is 489 g/mol. The van der Waals surface area contributed by atoms with Gasteiger partial charge in [0.1, 0.15) is 22.8 Å². The number of hydrogen-bond donors (Lipinski definition) is 1. The van der Waals surface area contributed by atoms with E-state index in [0.717, 1.165) is 5.56 Å². The number of fused-ring (bicyclic) bond motifs is 1. The van der Waals surface area contributed by atoms with Crippen molar-refractivity contribution < 1.29 is 27.4 Å². The minimum absolute atomic E-state index is 0.0500. The second-order valence-electron chi connectivity index (χ2n) is 9.38. The Morgan fingerprint density at radius 2 is 1.65 bits per heavy atom. The van der Waals surface area contributed by atoms with Gasteiger partial charge in [0, 0.05) is 37.1 Å². The molecule has 1 N–H and O–H groups in total. The number of methoxy groups -OCH3 is 2. The Bertz CT molecular complexity index is 1140. The molecule has 1 amide bonds. The van der Waals surface area contributed by atoms with Gasteiger partial charge in [0.05, 0.1) is 25.2 Å². The minimum Gasteiger partial charge on any atom is -0.497 e. The number of sulfonamides is 1. The summed E-state index contributed by atoms with van der Waals surface area (Å²) in [6.07, 6.45) is 1.59. The van der Waals surface area contributed by atoms with E-state index in [9.17, 15) is 13.2 Å². The largest absolute Gasteiger partial charge is 0.497 e. The maximum atomic E-state index is 13.1. The average Bonchev–Trinajstić information content (AvgIpc) is 2.83. The Morgan fingerprint density at radius 3 is 2.26 bits per heavy atom. The number of amides is 1. The molecule has 2 aliphatic rings. The summed E-state index contributed by atoms with van der Waals surface area (Å²) < 4.78 is 44.0. The van der Waals surface area contributed by atoms with Gasteiger partial charge in [-0.3, -0.25) is 4.79 Å². The highest BCUT2D eigenvalue weighted by Crippen LogP contribution is 2.41. The van der Waals surface area contributed by atoms with E-state index < -0.39 is 15.6 Å². The lowest BCUT2D eigenvalue weighted by atomic mass is 9.88. The fraction of sp³-hybridized carbons (Fsp3) is 0.480. The molecule has 1 fully saturated rings. The minimum atomic E-state index is -3.61. The number of benzene rings is 2. The number of carbonyl (C=O) groups is 1. The van der Waals surface area contributed by atoms with E-state index in [4.69, 9.17) is 14.2 Å². The molecule has 9 heteroatoms. The second-order valence-corrected chi connectivity index (χ2v) is 11.3. The summed E-state index contributed by atoms with van der Waals surface area (Å²) in [6.45, 7) is 4.60. The number of nitrogens with zero attached hydrogens (tertiary/aromatic N) is 1. The Kier molecular flexibility index (Phi) is 6.78. The zero-order valence-corrected chi connectivity index (χ0v) is 20.9. The van der Waals surface area contributed by atoms with Crippen molar-refractivity contribution >= 4 is 15.9 Å². The number of nitrogens with one attached hydrogen (secondary N) is 1. The van der Waals surface area contributed by atoms with Crippen LogP contribution in [-0.2, 0) is 14.8 Å². The molecule has 34 heavy (non-hydrogen) atoms. The first kappa shape index (κ1) is 24.3. The van der Waals surface area contributed by atoms with Crippen molar-refractivity contribution in [3.63, 3.8) is 0 Å². The van der Waals surface area contributed by atoms with Crippen LogP contribution in [0.4, 0.5) is 0 Å². The highest BCUT2D eigenvalue weighted by Gasteiger charge is 2.37. The lowest BCUT2D eigenvalue weighted by Gasteiger charge is -2.39. The normalized spacial score (nSPS) is 20.6. The summed E-state index contributed by atoms with van der Waals surface area (Å²) in [5.41, 5.74) is 0.487. The Morgan fingerprint density at radius 1 is 1.03 bits per heavy atom. The van der Waals surface area contributed by atoms with Crippen LogP contribution in [0.3, 0.4) is 0 Å². The van der Waals surface area contributed by atoms with Gasteiger partial charge in [-0.15, -0.1) is 0 Å². The first-order valence-electron chi connectivity index (χ1n) is 11.4. The molecule has 184 valence electrons. The SMILES string of the molecule is COc1ccc(S(=O)(=O)N2CCC(C(=O)N[C@@H]3CC(C)(C)Oc4cc(OC)ccc43)CC2)cc1. The molecule has 1 saturated heterocycles. The topological polar surface area (TPSA) is 94.2 Å². The van der Waals surface area contributed by atoms with Crippen molar-refractivity contribution in [2.75, 3.05) is 27.3 Å². The van der Waals surface area contributed by atoms with E-state index in [2.05, 4.69) is 5.32 Å². The number of hydrogen-bond acceptors (Lipinski definition) is 6. The van der Waals surface area contributed by atoms with E-state index in [1.165, 1.54) is 11.4 Å². The predicted octanol–water partition coefficient (Wildman–Crippen LogP) is 3.52. The van der Waals surface area contributed by atoms with Gasteiger partial charge in [-0.05, 0) is 63.1 Å². The molecule has 0 unspecified atom stereocenters. The molecular formula is C25H32N2O6S. The molecule has 0 bridgehead atoms. The van der Waals surface area contributed by atoms with Gasteiger partial charge in [0.15, 0.2) is 0 Å². The summed E-state index contributed by atoms with van der Waals surface area (Å²) in [6, 6.07) is 11.8. The third kappa shape index (κ3) is 5.00. The molecule has 2 aromatic carbocycles. The molecule has 0 saturated carbocycles. The first-order valence-corrected chi connectivity index (χ1v) is 12.9. The van der Waals surface area contributed by atoms with Crippen LogP contribution in [0.15, 0.2) is 47.4 Å². The van der Waals surface area contributed by atoms with Crippen LogP contribution >= 0.6 is 0 Å². The molecule has 8 nitrogen and oxygen atoms in total. The van der Waals surface area contributed by atoms with E-state index >= 15 is 0 Å². The van der Waals surface area contributed by atoms with Crippen molar-refractivity contribution in [1.82, 2.24) is 9.62 Å². The molecule has 0 aliphatic carbocycles. The van der Waals surface area contributed by atoms with Crippen LogP contribution in [0.5, 0.6) is 17.2 Å². The van der Waals surface area contributed by atoms with Gasteiger partial charge in [0.25, 0.3) is 0 Å². The molecule has 2 heterocycles. The molecule has 0 aromatic heterocycles. The quantitative estimate of drug-likeness (QED) is 0.669. The fourth-order valence-corrected chi connectivity index (χ4v) is 6.10. The van der Waals surface area contributed by atoms with Crippen molar-refractivity contribution in [3.8, 4) is 17.2 Å². The smallest absolute Gasteiger partial charge is 0.243 e. The number of carbonyl (C=O) groups excluding carboxylic acids is 1. The van der Waals surface area contributed by atoms with Crippen LogP contribution in [0.25, 0.3) is 0 Å². The van der Waals surface area contributed by atoms with E-state index in [1.807, 2.05) is 32.0 Å². The summed E-state index contributed by atoms with van der Waals surface area (Å²) in [5.74, 6) is 1.72. The number of rotatable bonds is 6. The highest BCUT2D eigenvalue weighted by molar-refractivity contribution is 7.89. The maximum Gasteiger partial charge on any atom is 0.243 e.